The van der Waals surface area contributed by atoms with Crippen molar-refractivity contribution in [1.82, 2.24) is 9.55 Å². The van der Waals surface area contributed by atoms with Crippen LogP contribution in [0, 0.1) is 10.6 Å². The molecule has 1 heterocycles. The van der Waals surface area contributed by atoms with E-state index in [9.17, 15) is 17.6 Å². The minimum atomic E-state index is -4.43. The van der Waals surface area contributed by atoms with Crippen molar-refractivity contribution < 1.29 is 17.6 Å². The van der Waals surface area contributed by atoms with E-state index < -0.39 is 17.6 Å². The molecule has 2 aromatic carbocycles. The molecule has 0 radical (unpaired) electrons. The molecule has 108 valence electrons. The smallest absolute Gasteiger partial charge is 0.330 e. The topological polar surface area (TPSA) is 20.7 Å². The second-order valence-corrected chi connectivity index (χ2v) is 4.86. The summed E-state index contributed by atoms with van der Waals surface area (Å²) in [4.78, 5) is 2.78. The summed E-state index contributed by atoms with van der Waals surface area (Å²) in [5, 5.41) is 0. The number of aromatic nitrogens is 2. The fourth-order valence-electron chi connectivity index (χ4n) is 2.16. The van der Waals surface area contributed by atoms with E-state index in [0.29, 0.717) is 11.0 Å². The second-order valence-electron chi connectivity index (χ2n) is 4.48. The molecule has 0 aliphatic heterocycles. The predicted octanol–water partition coefficient (Wildman–Crippen LogP) is 4.85. The molecule has 0 saturated heterocycles. The van der Waals surface area contributed by atoms with E-state index in [-0.39, 0.29) is 10.5 Å². The zero-order valence-corrected chi connectivity index (χ0v) is 11.2. The number of H-pyrrole nitrogens is 1. The fourth-order valence-corrected chi connectivity index (χ4v) is 2.48. The van der Waals surface area contributed by atoms with E-state index in [0.717, 1.165) is 12.1 Å². The molecular formula is C14H8F4N2S. The molecule has 3 rings (SSSR count). The van der Waals surface area contributed by atoms with Crippen LogP contribution in [-0.2, 0) is 6.18 Å². The normalized spacial score (nSPS) is 12.0. The van der Waals surface area contributed by atoms with Crippen LogP contribution in [0.1, 0.15) is 5.56 Å². The third-order valence-electron chi connectivity index (χ3n) is 3.08. The highest BCUT2D eigenvalue weighted by atomic mass is 32.1. The van der Waals surface area contributed by atoms with Crippen LogP contribution in [-0.4, -0.2) is 9.55 Å². The van der Waals surface area contributed by atoms with Gasteiger partial charge in [-0.3, -0.25) is 4.57 Å². The molecule has 0 unspecified atom stereocenters. The highest BCUT2D eigenvalue weighted by molar-refractivity contribution is 7.71. The van der Waals surface area contributed by atoms with E-state index in [1.165, 1.54) is 34.9 Å². The number of hydrogen-bond acceptors (Lipinski definition) is 1. The first kappa shape index (κ1) is 13.8. The summed E-state index contributed by atoms with van der Waals surface area (Å²) in [5.74, 6) is -0.449. The molecule has 1 N–H and O–H groups in total. The third-order valence-corrected chi connectivity index (χ3v) is 3.36. The first-order valence-corrected chi connectivity index (χ1v) is 6.35. The van der Waals surface area contributed by atoms with Crippen LogP contribution in [0.3, 0.4) is 0 Å². The Bertz CT molecular complexity index is 877. The number of alkyl halides is 3. The third kappa shape index (κ3) is 2.44. The van der Waals surface area contributed by atoms with Crippen molar-refractivity contribution in [3.63, 3.8) is 0 Å². The molecule has 0 bridgehead atoms. The lowest BCUT2D eigenvalue weighted by molar-refractivity contribution is -0.137. The van der Waals surface area contributed by atoms with Gasteiger partial charge in [-0.15, -0.1) is 0 Å². The first-order chi connectivity index (χ1) is 9.86. The Labute approximate surface area is 121 Å². The van der Waals surface area contributed by atoms with Gasteiger partial charge in [0.1, 0.15) is 5.82 Å². The van der Waals surface area contributed by atoms with Crippen LogP contribution in [0.2, 0.25) is 0 Å². The van der Waals surface area contributed by atoms with Crippen LogP contribution >= 0.6 is 12.2 Å². The molecule has 1 aromatic heterocycles. The van der Waals surface area contributed by atoms with E-state index in [1.807, 2.05) is 0 Å². The summed E-state index contributed by atoms with van der Waals surface area (Å²) in [7, 11) is 0. The summed E-state index contributed by atoms with van der Waals surface area (Å²) in [5.41, 5.74) is 0.448. The Morgan fingerprint density at radius 3 is 2.52 bits per heavy atom. The summed E-state index contributed by atoms with van der Waals surface area (Å²) in [6.45, 7) is 0. The maximum Gasteiger partial charge on any atom is 0.416 e. The zero-order chi connectivity index (χ0) is 15.2. The molecule has 0 amide bonds. The SMILES string of the molecule is Fc1ccc2c(c1)[nH]c(=S)n2-c1cccc(C(F)(F)F)c1. The van der Waals surface area contributed by atoms with Gasteiger partial charge in [-0.2, -0.15) is 13.2 Å². The van der Waals surface area contributed by atoms with Crippen molar-refractivity contribution >= 4 is 23.3 Å². The Morgan fingerprint density at radius 2 is 1.81 bits per heavy atom. The Hall–Kier alpha value is -2.15. The molecule has 0 aliphatic carbocycles. The van der Waals surface area contributed by atoms with Gasteiger partial charge in [-0.25, -0.2) is 4.39 Å². The Morgan fingerprint density at radius 1 is 1.05 bits per heavy atom. The van der Waals surface area contributed by atoms with Crippen LogP contribution in [0.4, 0.5) is 17.6 Å². The van der Waals surface area contributed by atoms with Crippen molar-refractivity contribution in [2.24, 2.45) is 0 Å². The van der Waals surface area contributed by atoms with Crippen LogP contribution in [0.25, 0.3) is 16.7 Å². The summed E-state index contributed by atoms with van der Waals surface area (Å²) >= 11 is 5.12. The molecule has 3 aromatic rings. The van der Waals surface area contributed by atoms with Crippen LogP contribution < -0.4 is 0 Å². The average Bonchev–Trinajstić information content (AvgIpc) is 2.73. The van der Waals surface area contributed by atoms with E-state index in [1.54, 1.807) is 0 Å². The highest BCUT2D eigenvalue weighted by Gasteiger charge is 2.30. The minimum Gasteiger partial charge on any atom is -0.330 e. The summed E-state index contributed by atoms with van der Waals surface area (Å²) < 4.78 is 53.2. The average molecular weight is 312 g/mol. The Kier molecular flexibility index (Phi) is 3.09. The first-order valence-electron chi connectivity index (χ1n) is 5.94. The number of halogens is 4. The monoisotopic (exact) mass is 312 g/mol. The van der Waals surface area contributed by atoms with Crippen molar-refractivity contribution in [2.45, 2.75) is 6.18 Å². The molecule has 0 atom stereocenters. The van der Waals surface area contributed by atoms with Gasteiger partial charge in [0.15, 0.2) is 4.77 Å². The molecule has 0 fully saturated rings. The van der Waals surface area contributed by atoms with E-state index >= 15 is 0 Å². The molecule has 21 heavy (non-hydrogen) atoms. The number of nitrogens with one attached hydrogen (secondary N) is 1. The number of rotatable bonds is 1. The van der Waals surface area contributed by atoms with Gasteiger partial charge in [0.2, 0.25) is 0 Å². The molecule has 0 saturated carbocycles. The lowest BCUT2D eigenvalue weighted by Crippen LogP contribution is -2.06. The summed E-state index contributed by atoms with van der Waals surface area (Å²) in [6.07, 6.45) is -4.43. The summed E-state index contributed by atoms with van der Waals surface area (Å²) in [6, 6.07) is 8.76. The minimum absolute atomic E-state index is 0.204. The quantitative estimate of drug-likeness (QED) is 0.503. The van der Waals surface area contributed by atoms with Crippen molar-refractivity contribution in [2.75, 3.05) is 0 Å². The molecule has 2 nitrogen and oxygen atoms in total. The zero-order valence-electron chi connectivity index (χ0n) is 10.4. The number of fused-ring (bicyclic) bond motifs is 1. The number of imidazole rings is 1. The molecule has 7 heteroatoms. The number of aromatic amines is 1. The lowest BCUT2D eigenvalue weighted by atomic mass is 10.2. The largest absolute Gasteiger partial charge is 0.416 e. The van der Waals surface area contributed by atoms with Gasteiger partial charge >= 0.3 is 6.18 Å². The van der Waals surface area contributed by atoms with Gasteiger partial charge in [0, 0.05) is 5.69 Å². The molecular weight excluding hydrogens is 304 g/mol. The van der Waals surface area contributed by atoms with Crippen molar-refractivity contribution in [3.05, 3.63) is 58.6 Å². The van der Waals surface area contributed by atoms with Crippen molar-refractivity contribution in [1.29, 1.82) is 0 Å². The maximum atomic E-state index is 13.2. The number of hydrogen-bond donors (Lipinski definition) is 1. The van der Waals surface area contributed by atoms with E-state index in [4.69, 9.17) is 12.2 Å². The maximum absolute atomic E-state index is 13.2. The van der Waals surface area contributed by atoms with Gasteiger partial charge in [0.05, 0.1) is 16.6 Å². The molecule has 0 aliphatic rings. The van der Waals surface area contributed by atoms with Crippen LogP contribution in [0.5, 0.6) is 0 Å². The lowest BCUT2D eigenvalue weighted by Gasteiger charge is -2.10. The van der Waals surface area contributed by atoms with Gasteiger partial charge in [-0.05, 0) is 48.6 Å². The Balaban J connectivity index is 2.26. The number of nitrogens with zero attached hydrogens (tertiary/aromatic N) is 1. The fraction of sp³-hybridized carbons (Fsp3) is 0.0714. The molecule has 0 spiro atoms. The standard InChI is InChI=1S/C14H8F4N2S/c15-9-4-5-12-11(7-9)19-13(21)20(12)10-3-1-2-8(6-10)14(16,17)18/h1-7H,(H,19,21). The highest BCUT2D eigenvalue weighted by Crippen LogP contribution is 2.31. The van der Waals surface area contributed by atoms with Crippen molar-refractivity contribution in [3.8, 4) is 5.69 Å². The number of benzene rings is 2. The predicted molar refractivity (Wildman–Crippen MR) is 73.4 cm³/mol. The van der Waals surface area contributed by atoms with Crippen LogP contribution in [0.15, 0.2) is 42.5 Å². The van der Waals surface area contributed by atoms with Gasteiger partial charge < -0.3 is 4.98 Å². The van der Waals surface area contributed by atoms with E-state index in [2.05, 4.69) is 4.98 Å². The van der Waals surface area contributed by atoms with Gasteiger partial charge in [0.25, 0.3) is 0 Å². The second kappa shape index (κ2) is 4.70. The van der Waals surface area contributed by atoms with Gasteiger partial charge in [-0.1, -0.05) is 6.07 Å².